The van der Waals surface area contributed by atoms with Crippen LogP contribution in [-0.2, 0) is 11.2 Å². The first-order valence-corrected chi connectivity index (χ1v) is 7.17. The zero-order valence-electron chi connectivity index (χ0n) is 11.2. The van der Waals surface area contributed by atoms with Crippen molar-refractivity contribution < 1.29 is 9.47 Å². The first-order chi connectivity index (χ1) is 9.36. The number of hydrogen-bond donors (Lipinski definition) is 2. The van der Waals surface area contributed by atoms with Gasteiger partial charge < -0.3 is 20.5 Å². The van der Waals surface area contributed by atoms with Gasteiger partial charge in [0.25, 0.3) is 0 Å². The van der Waals surface area contributed by atoms with E-state index in [4.69, 9.17) is 15.2 Å². The summed E-state index contributed by atoms with van der Waals surface area (Å²) in [7, 11) is 0. The predicted octanol–water partition coefficient (Wildman–Crippen LogP) is 1.39. The Bertz CT molecular complexity index is 430. The Kier molecular flexibility index (Phi) is 4.01. The van der Waals surface area contributed by atoms with E-state index in [-0.39, 0.29) is 6.04 Å². The lowest BCUT2D eigenvalue weighted by molar-refractivity contribution is 0.107. The van der Waals surface area contributed by atoms with Gasteiger partial charge in [-0.05, 0) is 30.0 Å². The van der Waals surface area contributed by atoms with Gasteiger partial charge in [-0.25, -0.2) is 0 Å². The first kappa shape index (κ1) is 12.9. The van der Waals surface area contributed by atoms with E-state index in [1.165, 1.54) is 17.5 Å². The molecule has 3 N–H and O–H groups in total. The summed E-state index contributed by atoms with van der Waals surface area (Å²) >= 11 is 0. The molecule has 2 aliphatic heterocycles. The zero-order valence-corrected chi connectivity index (χ0v) is 11.2. The Labute approximate surface area is 114 Å². The smallest absolute Gasteiger partial charge is 0.122 e. The highest BCUT2D eigenvalue weighted by Gasteiger charge is 2.19. The second-order valence-corrected chi connectivity index (χ2v) is 5.30. The average Bonchev–Trinajstić information content (AvgIpc) is 3.09. The fourth-order valence-corrected chi connectivity index (χ4v) is 2.84. The van der Waals surface area contributed by atoms with E-state index in [0.29, 0.717) is 12.6 Å². The molecule has 0 amide bonds. The lowest BCUT2D eigenvalue weighted by Gasteiger charge is -2.20. The maximum atomic E-state index is 5.90. The molecule has 1 aromatic carbocycles. The molecule has 0 bridgehead atoms. The van der Waals surface area contributed by atoms with Crippen molar-refractivity contribution in [1.29, 1.82) is 0 Å². The van der Waals surface area contributed by atoms with E-state index in [0.717, 1.165) is 38.3 Å². The van der Waals surface area contributed by atoms with E-state index >= 15 is 0 Å². The van der Waals surface area contributed by atoms with E-state index in [2.05, 4.69) is 23.5 Å². The number of rotatable bonds is 5. The van der Waals surface area contributed by atoms with Gasteiger partial charge in [0.15, 0.2) is 0 Å². The van der Waals surface area contributed by atoms with Crippen molar-refractivity contribution in [2.45, 2.75) is 31.4 Å². The van der Waals surface area contributed by atoms with E-state index < -0.39 is 0 Å². The highest BCUT2D eigenvalue weighted by atomic mass is 16.5. The summed E-state index contributed by atoms with van der Waals surface area (Å²) in [5.74, 6) is 1.03. The number of nitrogens with two attached hydrogens (primary N) is 1. The molecular weight excluding hydrogens is 240 g/mol. The van der Waals surface area contributed by atoms with Crippen LogP contribution in [0.25, 0.3) is 0 Å². The van der Waals surface area contributed by atoms with E-state index in [1.807, 2.05) is 0 Å². The minimum atomic E-state index is 0.204. The lowest BCUT2D eigenvalue weighted by atomic mass is 10.0. The molecule has 3 rings (SSSR count). The van der Waals surface area contributed by atoms with Crippen molar-refractivity contribution >= 4 is 0 Å². The molecule has 0 aromatic heterocycles. The van der Waals surface area contributed by atoms with Gasteiger partial charge in [-0.3, -0.25) is 0 Å². The first-order valence-electron chi connectivity index (χ1n) is 7.17. The van der Waals surface area contributed by atoms with Crippen molar-refractivity contribution in [3.05, 3.63) is 29.3 Å². The fraction of sp³-hybridized carbons (Fsp3) is 0.600. The summed E-state index contributed by atoms with van der Waals surface area (Å²) in [6.07, 6.45) is 3.69. The van der Waals surface area contributed by atoms with Crippen LogP contribution in [0.3, 0.4) is 0 Å². The van der Waals surface area contributed by atoms with Gasteiger partial charge in [0.05, 0.1) is 12.7 Å². The van der Waals surface area contributed by atoms with Crippen molar-refractivity contribution in [3.8, 4) is 5.75 Å². The summed E-state index contributed by atoms with van der Waals surface area (Å²) in [6, 6.07) is 6.61. The van der Waals surface area contributed by atoms with Crippen LogP contribution < -0.4 is 15.8 Å². The van der Waals surface area contributed by atoms with Gasteiger partial charge in [-0.15, -0.1) is 0 Å². The van der Waals surface area contributed by atoms with Crippen LogP contribution in [0.1, 0.15) is 30.0 Å². The van der Waals surface area contributed by atoms with Gasteiger partial charge in [-0.1, -0.05) is 12.1 Å². The third-order valence-corrected chi connectivity index (χ3v) is 3.97. The maximum Gasteiger partial charge on any atom is 0.122 e. The Hall–Kier alpha value is -1.10. The van der Waals surface area contributed by atoms with Crippen molar-refractivity contribution in [2.75, 3.05) is 26.3 Å². The van der Waals surface area contributed by atoms with Crippen LogP contribution in [0.15, 0.2) is 18.2 Å². The van der Waals surface area contributed by atoms with Crippen molar-refractivity contribution in [3.63, 3.8) is 0 Å². The molecule has 0 saturated carbocycles. The molecule has 1 saturated heterocycles. The molecule has 2 aliphatic rings. The minimum absolute atomic E-state index is 0.204. The second-order valence-electron chi connectivity index (χ2n) is 5.30. The molecule has 1 aromatic rings. The quantitative estimate of drug-likeness (QED) is 0.842. The van der Waals surface area contributed by atoms with Crippen LogP contribution in [0.2, 0.25) is 0 Å². The predicted molar refractivity (Wildman–Crippen MR) is 74.4 cm³/mol. The van der Waals surface area contributed by atoms with Gasteiger partial charge >= 0.3 is 0 Å². The molecular formula is C15H22N2O2. The van der Waals surface area contributed by atoms with Crippen LogP contribution in [0.5, 0.6) is 5.75 Å². The van der Waals surface area contributed by atoms with Gasteiger partial charge in [0, 0.05) is 32.2 Å². The third-order valence-electron chi connectivity index (χ3n) is 3.97. The van der Waals surface area contributed by atoms with Gasteiger partial charge in [0.1, 0.15) is 5.75 Å². The normalized spacial score (nSPS) is 23.1. The van der Waals surface area contributed by atoms with Gasteiger partial charge in [-0.2, -0.15) is 0 Å². The fourth-order valence-electron chi connectivity index (χ4n) is 2.84. The molecule has 0 spiro atoms. The molecule has 0 radical (unpaired) electrons. The monoisotopic (exact) mass is 262 g/mol. The summed E-state index contributed by atoms with van der Waals surface area (Å²) in [5, 5.41) is 3.53. The number of benzene rings is 1. The molecule has 0 aliphatic carbocycles. The molecule has 1 fully saturated rings. The molecule has 2 heterocycles. The molecule has 4 nitrogen and oxygen atoms in total. The maximum absolute atomic E-state index is 5.90. The molecule has 2 atom stereocenters. The van der Waals surface area contributed by atoms with Crippen molar-refractivity contribution in [2.24, 2.45) is 5.73 Å². The van der Waals surface area contributed by atoms with E-state index in [1.54, 1.807) is 0 Å². The minimum Gasteiger partial charge on any atom is -0.493 e. The largest absolute Gasteiger partial charge is 0.493 e. The standard InChI is InChI=1S/C15H22N2O2/c16-9-14(17-10-13-2-1-6-18-13)11-3-4-15-12(8-11)5-7-19-15/h3-4,8,13-14,17H,1-2,5-7,9-10,16H2. The summed E-state index contributed by atoms with van der Waals surface area (Å²) in [6.45, 7) is 3.19. The molecule has 19 heavy (non-hydrogen) atoms. The highest BCUT2D eigenvalue weighted by Crippen LogP contribution is 2.28. The summed E-state index contributed by atoms with van der Waals surface area (Å²) < 4.78 is 11.2. The third kappa shape index (κ3) is 2.91. The highest BCUT2D eigenvalue weighted by molar-refractivity contribution is 5.40. The SMILES string of the molecule is NCC(NCC1CCCO1)c1ccc2c(c1)CCO2. The lowest BCUT2D eigenvalue weighted by Crippen LogP contribution is -2.34. The Morgan fingerprint density at radius 2 is 2.32 bits per heavy atom. The van der Waals surface area contributed by atoms with Gasteiger partial charge in [0.2, 0.25) is 0 Å². The number of ether oxygens (including phenoxy) is 2. The van der Waals surface area contributed by atoms with Crippen LogP contribution in [-0.4, -0.2) is 32.4 Å². The molecule has 104 valence electrons. The topological polar surface area (TPSA) is 56.5 Å². The summed E-state index contributed by atoms with van der Waals surface area (Å²) in [5.41, 5.74) is 8.46. The Morgan fingerprint density at radius 3 is 3.11 bits per heavy atom. The van der Waals surface area contributed by atoms with Crippen LogP contribution >= 0.6 is 0 Å². The van der Waals surface area contributed by atoms with Crippen LogP contribution in [0.4, 0.5) is 0 Å². The number of nitrogens with one attached hydrogen (secondary N) is 1. The average molecular weight is 262 g/mol. The molecule has 4 heteroatoms. The van der Waals surface area contributed by atoms with Crippen molar-refractivity contribution in [1.82, 2.24) is 5.32 Å². The Balaban J connectivity index is 1.64. The van der Waals surface area contributed by atoms with E-state index in [9.17, 15) is 0 Å². The summed E-state index contributed by atoms with van der Waals surface area (Å²) in [4.78, 5) is 0. The Morgan fingerprint density at radius 1 is 1.37 bits per heavy atom. The molecule has 2 unspecified atom stereocenters. The van der Waals surface area contributed by atoms with Crippen LogP contribution in [0, 0.1) is 0 Å². The number of hydrogen-bond acceptors (Lipinski definition) is 4. The second kappa shape index (κ2) is 5.90. The number of fused-ring (bicyclic) bond motifs is 1. The zero-order chi connectivity index (χ0) is 13.1.